The fraction of sp³-hybridized carbons (Fsp3) is 1.00. The molecule has 0 spiro atoms. The minimum absolute atomic E-state index is 0.0468. The number of aliphatic hydroxyl groups is 2. The van der Waals surface area contributed by atoms with Crippen molar-refractivity contribution in [1.29, 1.82) is 0 Å². The average Bonchev–Trinajstić information content (AvgIpc) is 2.85. The maximum atomic E-state index is 11.2. The lowest BCUT2D eigenvalue weighted by Gasteiger charge is -2.60. The molecule has 25 heavy (non-hydrogen) atoms. The average molecular weight is 460 g/mol. The molecule has 3 heteroatoms. The second-order valence-electron chi connectivity index (χ2n) is 10.4. The summed E-state index contributed by atoms with van der Waals surface area (Å²) in [6, 6.07) is 0. The SMILES string of the molecule is C[C@]12CC[C@@H](O)C[C@@H]1CC[C@@H]1[C@@H]2CC[C@]2(C)[C@@H](O)[C@H](CCCI)C[C@@H]12. The molecule has 4 saturated carbocycles. The third kappa shape index (κ3) is 2.93. The molecule has 0 aliphatic heterocycles. The Morgan fingerprint density at radius 1 is 0.920 bits per heavy atom. The summed E-state index contributed by atoms with van der Waals surface area (Å²) in [4.78, 5) is 0. The highest BCUT2D eigenvalue weighted by Crippen LogP contribution is 2.67. The smallest absolute Gasteiger partial charge is 0.0624 e. The number of halogens is 1. The lowest BCUT2D eigenvalue weighted by atomic mass is 9.45. The van der Waals surface area contributed by atoms with E-state index in [0.717, 1.165) is 36.5 Å². The predicted molar refractivity (Wildman–Crippen MR) is 111 cm³/mol. The Kier molecular flexibility index (Phi) is 5.25. The van der Waals surface area contributed by atoms with Crippen LogP contribution in [0, 0.1) is 40.4 Å². The number of aliphatic hydroxyl groups excluding tert-OH is 2. The second-order valence-corrected chi connectivity index (χ2v) is 11.5. The zero-order chi connectivity index (χ0) is 17.8. The molecule has 0 saturated heterocycles. The number of alkyl halides is 1. The Morgan fingerprint density at radius 2 is 1.68 bits per heavy atom. The third-order valence-electron chi connectivity index (χ3n) is 9.46. The first kappa shape index (κ1) is 19.0. The van der Waals surface area contributed by atoms with E-state index in [0.29, 0.717) is 11.3 Å². The van der Waals surface area contributed by atoms with Crippen LogP contribution in [0.2, 0.25) is 0 Å². The zero-order valence-corrected chi connectivity index (χ0v) is 18.2. The molecular weight excluding hydrogens is 423 g/mol. The number of fused-ring (bicyclic) bond motifs is 5. The molecule has 0 bridgehead atoms. The molecular formula is C22H37IO2. The van der Waals surface area contributed by atoms with E-state index in [1.165, 1.54) is 55.8 Å². The Bertz CT molecular complexity index is 496. The Hall–Kier alpha value is 0.650. The van der Waals surface area contributed by atoms with Crippen LogP contribution < -0.4 is 0 Å². The standard InChI is InChI=1S/C22H37IO2/c1-21-9-7-16(24)13-15(21)5-6-17-18(21)8-10-22(2)19(17)12-14(20(22)25)4-3-11-23/h14-20,24-25H,3-13H2,1-2H3/t14-,15+,16-,17-,18+,19+,20+,21+,22+/m1/s1. The molecule has 0 unspecified atom stereocenters. The predicted octanol–water partition coefficient (Wildman–Crippen LogP) is 5.19. The molecule has 9 atom stereocenters. The van der Waals surface area contributed by atoms with Gasteiger partial charge in [-0.15, -0.1) is 0 Å². The van der Waals surface area contributed by atoms with Gasteiger partial charge < -0.3 is 10.2 Å². The van der Waals surface area contributed by atoms with Crippen molar-refractivity contribution in [3.05, 3.63) is 0 Å². The zero-order valence-electron chi connectivity index (χ0n) is 16.1. The van der Waals surface area contributed by atoms with Gasteiger partial charge in [0.1, 0.15) is 0 Å². The van der Waals surface area contributed by atoms with E-state index in [-0.39, 0.29) is 17.6 Å². The van der Waals surface area contributed by atoms with Crippen LogP contribution in [0.3, 0.4) is 0 Å². The van der Waals surface area contributed by atoms with Crippen molar-refractivity contribution < 1.29 is 10.2 Å². The van der Waals surface area contributed by atoms with Crippen molar-refractivity contribution in [1.82, 2.24) is 0 Å². The molecule has 2 N–H and O–H groups in total. The molecule has 0 radical (unpaired) electrons. The quantitative estimate of drug-likeness (QED) is 0.450. The van der Waals surface area contributed by atoms with E-state index in [1.807, 2.05) is 0 Å². The summed E-state index contributed by atoms with van der Waals surface area (Å²) >= 11 is 2.48. The normalized spacial score (nSPS) is 55.3. The highest BCUT2D eigenvalue weighted by Gasteiger charge is 2.61. The Labute approximate surface area is 167 Å². The molecule has 0 aromatic heterocycles. The lowest BCUT2D eigenvalue weighted by Crippen LogP contribution is -2.54. The third-order valence-corrected chi connectivity index (χ3v) is 10.2. The van der Waals surface area contributed by atoms with Gasteiger partial charge in [0.05, 0.1) is 12.2 Å². The van der Waals surface area contributed by atoms with E-state index in [4.69, 9.17) is 0 Å². The van der Waals surface area contributed by atoms with Crippen LogP contribution in [0.4, 0.5) is 0 Å². The summed E-state index contributed by atoms with van der Waals surface area (Å²) in [6.07, 6.45) is 12.1. The lowest BCUT2D eigenvalue weighted by molar-refractivity contribution is -0.134. The summed E-state index contributed by atoms with van der Waals surface area (Å²) in [7, 11) is 0. The van der Waals surface area contributed by atoms with E-state index < -0.39 is 0 Å². The van der Waals surface area contributed by atoms with Gasteiger partial charge in [0.15, 0.2) is 0 Å². The highest BCUT2D eigenvalue weighted by atomic mass is 127. The van der Waals surface area contributed by atoms with Gasteiger partial charge in [0.25, 0.3) is 0 Å². The van der Waals surface area contributed by atoms with Crippen LogP contribution >= 0.6 is 22.6 Å². The number of hydrogen-bond donors (Lipinski definition) is 2. The van der Waals surface area contributed by atoms with Crippen LogP contribution in [0.15, 0.2) is 0 Å². The number of rotatable bonds is 3. The summed E-state index contributed by atoms with van der Waals surface area (Å²) in [5.74, 6) is 3.69. The fourth-order valence-corrected chi connectivity index (χ4v) is 8.44. The Morgan fingerprint density at radius 3 is 2.44 bits per heavy atom. The van der Waals surface area contributed by atoms with Gasteiger partial charge in [-0.1, -0.05) is 36.4 Å². The molecule has 0 aromatic carbocycles. The first-order chi connectivity index (χ1) is 11.9. The van der Waals surface area contributed by atoms with Crippen LogP contribution in [0.25, 0.3) is 0 Å². The molecule has 4 aliphatic carbocycles. The summed E-state index contributed by atoms with van der Waals surface area (Å²) in [6.45, 7) is 4.98. The second kappa shape index (κ2) is 6.92. The minimum atomic E-state index is -0.0693. The van der Waals surface area contributed by atoms with Crippen LogP contribution in [-0.2, 0) is 0 Å². The molecule has 2 nitrogen and oxygen atoms in total. The van der Waals surface area contributed by atoms with Gasteiger partial charge in [0, 0.05) is 0 Å². The van der Waals surface area contributed by atoms with E-state index in [2.05, 4.69) is 36.4 Å². The largest absolute Gasteiger partial charge is 0.393 e. The van der Waals surface area contributed by atoms with Crippen LogP contribution in [0.1, 0.15) is 78.1 Å². The van der Waals surface area contributed by atoms with Gasteiger partial charge in [-0.2, -0.15) is 0 Å². The van der Waals surface area contributed by atoms with Gasteiger partial charge in [-0.3, -0.25) is 0 Å². The van der Waals surface area contributed by atoms with E-state index in [1.54, 1.807) is 0 Å². The Balaban J connectivity index is 1.56. The monoisotopic (exact) mass is 460 g/mol. The van der Waals surface area contributed by atoms with E-state index >= 15 is 0 Å². The van der Waals surface area contributed by atoms with Crippen molar-refractivity contribution in [3.63, 3.8) is 0 Å². The molecule has 4 rings (SSSR count). The van der Waals surface area contributed by atoms with Gasteiger partial charge in [0.2, 0.25) is 0 Å². The molecule has 4 aliphatic rings. The van der Waals surface area contributed by atoms with E-state index in [9.17, 15) is 10.2 Å². The highest BCUT2D eigenvalue weighted by molar-refractivity contribution is 14.1. The maximum absolute atomic E-state index is 11.2. The van der Waals surface area contributed by atoms with Crippen LogP contribution in [-0.4, -0.2) is 26.8 Å². The van der Waals surface area contributed by atoms with Crippen molar-refractivity contribution >= 4 is 22.6 Å². The molecule has 0 aromatic rings. The first-order valence-corrected chi connectivity index (χ1v) is 12.3. The van der Waals surface area contributed by atoms with Gasteiger partial charge >= 0.3 is 0 Å². The topological polar surface area (TPSA) is 40.5 Å². The summed E-state index contributed by atoms with van der Waals surface area (Å²) in [5, 5.41) is 21.3. The molecule has 144 valence electrons. The van der Waals surface area contributed by atoms with Crippen molar-refractivity contribution in [2.75, 3.05) is 4.43 Å². The van der Waals surface area contributed by atoms with Crippen molar-refractivity contribution in [2.24, 2.45) is 40.4 Å². The molecule has 4 fully saturated rings. The van der Waals surface area contributed by atoms with Crippen LogP contribution in [0.5, 0.6) is 0 Å². The summed E-state index contributed by atoms with van der Waals surface area (Å²) < 4.78 is 1.22. The van der Waals surface area contributed by atoms with Gasteiger partial charge in [-0.25, -0.2) is 0 Å². The van der Waals surface area contributed by atoms with Crippen molar-refractivity contribution in [2.45, 2.75) is 90.3 Å². The summed E-state index contributed by atoms with van der Waals surface area (Å²) in [5.41, 5.74) is 0.628. The fourth-order valence-electron chi connectivity index (χ4n) is 8.00. The maximum Gasteiger partial charge on any atom is 0.0624 e. The molecule has 0 heterocycles. The first-order valence-electron chi connectivity index (χ1n) is 10.8. The minimum Gasteiger partial charge on any atom is -0.393 e. The van der Waals surface area contributed by atoms with Crippen molar-refractivity contribution in [3.8, 4) is 0 Å². The van der Waals surface area contributed by atoms with Gasteiger partial charge in [-0.05, 0) is 109 Å². The number of hydrogen-bond acceptors (Lipinski definition) is 2. The molecule has 0 amide bonds.